The zero-order valence-corrected chi connectivity index (χ0v) is 18.6. The number of amides is 4. The highest BCUT2D eigenvalue weighted by Crippen LogP contribution is 2.33. The number of hydrogen-bond donors (Lipinski definition) is 2. The number of imide groups is 1. The molecule has 2 atom stereocenters. The molecule has 2 unspecified atom stereocenters. The van der Waals surface area contributed by atoms with Crippen LogP contribution in [0.3, 0.4) is 0 Å². The average molecular weight is 500 g/mol. The second kappa shape index (κ2) is 9.29. The number of halogens is 3. The van der Waals surface area contributed by atoms with Crippen LogP contribution in [0.15, 0.2) is 47.5 Å². The maximum atomic E-state index is 13.0. The van der Waals surface area contributed by atoms with Crippen molar-refractivity contribution in [2.75, 3.05) is 16.8 Å². The van der Waals surface area contributed by atoms with Gasteiger partial charge in [0.25, 0.3) is 15.7 Å². The predicted octanol–water partition coefficient (Wildman–Crippen LogP) is 3.17. The number of alkyl halides is 3. The number of sulfone groups is 1. The SMILES string of the molecule is CCOC(=O)Nc1cc(C(C)C2NC(=O)N(c3ccc(S(=O)(=O)C(F)(F)F)cc3)C2=O)ccn1. The third kappa shape index (κ3) is 4.81. The first-order valence-corrected chi connectivity index (χ1v) is 11.3. The maximum Gasteiger partial charge on any atom is 0.501 e. The Morgan fingerprint density at radius 2 is 1.88 bits per heavy atom. The third-order valence-electron chi connectivity index (χ3n) is 4.99. The summed E-state index contributed by atoms with van der Waals surface area (Å²) in [6.45, 7) is 3.44. The van der Waals surface area contributed by atoms with Gasteiger partial charge in [0.15, 0.2) is 0 Å². The zero-order valence-electron chi connectivity index (χ0n) is 17.8. The summed E-state index contributed by atoms with van der Waals surface area (Å²) in [6, 6.07) is 4.45. The summed E-state index contributed by atoms with van der Waals surface area (Å²) in [7, 11) is -5.57. The fraction of sp³-hybridized carbons (Fsp3) is 0.300. The molecule has 1 aromatic heterocycles. The van der Waals surface area contributed by atoms with Crippen LogP contribution in [0.25, 0.3) is 0 Å². The van der Waals surface area contributed by atoms with Crippen LogP contribution in [0.4, 0.5) is 34.3 Å². The molecule has 1 saturated heterocycles. The first kappa shape index (κ1) is 25.0. The van der Waals surface area contributed by atoms with Crippen LogP contribution in [0, 0.1) is 0 Å². The van der Waals surface area contributed by atoms with Crippen molar-refractivity contribution < 1.29 is 40.7 Å². The highest BCUT2D eigenvalue weighted by Gasteiger charge is 2.47. The van der Waals surface area contributed by atoms with E-state index < -0.39 is 50.2 Å². The Labute approximate surface area is 192 Å². The van der Waals surface area contributed by atoms with Gasteiger partial charge in [0.05, 0.1) is 17.2 Å². The number of carbonyl (C=O) groups is 3. The molecule has 14 heteroatoms. The lowest BCUT2D eigenvalue weighted by atomic mass is 9.94. The van der Waals surface area contributed by atoms with Gasteiger partial charge in [0.1, 0.15) is 11.9 Å². The van der Waals surface area contributed by atoms with Gasteiger partial charge in [0, 0.05) is 12.1 Å². The Morgan fingerprint density at radius 3 is 2.47 bits per heavy atom. The molecule has 1 aliphatic rings. The molecule has 3 rings (SSSR count). The van der Waals surface area contributed by atoms with Crippen molar-refractivity contribution in [1.82, 2.24) is 10.3 Å². The minimum absolute atomic E-state index is 0.0993. The Kier molecular flexibility index (Phi) is 6.82. The van der Waals surface area contributed by atoms with E-state index in [4.69, 9.17) is 4.74 Å². The average Bonchev–Trinajstić information content (AvgIpc) is 3.06. The lowest BCUT2D eigenvalue weighted by Crippen LogP contribution is -2.35. The minimum atomic E-state index is -5.57. The third-order valence-corrected chi connectivity index (χ3v) is 6.50. The molecule has 1 fully saturated rings. The van der Waals surface area contributed by atoms with Crippen LogP contribution in [0.5, 0.6) is 0 Å². The summed E-state index contributed by atoms with van der Waals surface area (Å²) in [4.78, 5) is 40.7. The second-order valence-corrected chi connectivity index (χ2v) is 9.09. The van der Waals surface area contributed by atoms with E-state index in [2.05, 4.69) is 15.6 Å². The maximum absolute atomic E-state index is 13.0. The highest BCUT2D eigenvalue weighted by molar-refractivity contribution is 7.92. The molecule has 182 valence electrons. The van der Waals surface area contributed by atoms with Crippen molar-refractivity contribution in [3.8, 4) is 0 Å². The molecule has 0 aliphatic carbocycles. The molecule has 0 saturated carbocycles. The van der Waals surface area contributed by atoms with Crippen LogP contribution >= 0.6 is 0 Å². The molecule has 34 heavy (non-hydrogen) atoms. The molecule has 2 aromatic rings. The van der Waals surface area contributed by atoms with Gasteiger partial charge in [-0.05, 0) is 48.9 Å². The van der Waals surface area contributed by atoms with Gasteiger partial charge in [0.2, 0.25) is 0 Å². The zero-order chi connectivity index (χ0) is 25.3. The normalized spacial score (nSPS) is 17.3. The van der Waals surface area contributed by atoms with Gasteiger partial charge in [-0.2, -0.15) is 13.2 Å². The van der Waals surface area contributed by atoms with Crippen molar-refractivity contribution in [3.63, 3.8) is 0 Å². The van der Waals surface area contributed by atoms with Gasteiger partial charge in [-0.25, -0.2) is 27.9 Å². The highest BCUT2D eigenvalue weighted by atomic mass is 32.2. The monoisotopic (exact) mass is 500 g/mol. The topological polar surface area (TPSA) is 135 Å². The van der Waals surface area contributed by atoms with E-state index in [9.17, 15) is 36.0 Å². The largest absolute Gasteiger partial charge is 0.501 e. The van der Waals surface area contributed by atoms with Gasteiger partial charge >= 0.3 is 17.6 Å². The molecule has 4 amide bonds. The number of pyridine rings is 1. The van der Waals surface area contributed by atoms with Crippen molar-refractivity contribution >= 4 is 39.4 Å². The molecule has 0 radical (unpaired) electrons. The number of ether oxygens (including phenoxy) is 1. The summed E-state index contributed by atoms with van der Waals surface area (Å²) in [6.07, 6.45) is 0.680. The van der Waals surface area contributed by atoms with Gasteiger partial charge < -0.3 is 10.1 Å². The van der Waals surface area contributed by atoms with Crippen molar-refractivity contribution in [1.29, 1.82) is 0 Å². The summed E-state index contributed by atoms with van der Waals surface area (Å²) in [5, 5.41) is 4.93. The summed E-state index contributed by atoms with van der Waals surface area (Å²) >= 11 is 0. The molecule has 0 spiro atoms. The number of anilines is 2. The standard InChI is InChI=1S/C20H19F3N4O6S/c1-3-33-19(30)25-15-10-12(8-9-24-15)11(2)16-17(28)27(18(29)26-16)13-4-6-14(7-5-13)34(31,32)20(21,22)23/h4-11,16H,3H2,1-2H3,(H,26,29)(H,24,25,30). The summed E-state index contributed by atoms with van der Waals surface area (Å²) < 4.78 is 66.0. The number of urea groups is 1. The molecule has 10 nitrogen and oxygen atoms in total. The molecule has 2 heterocycles. The van der Waals surface area contributed by atoms with Gasteiger partial charge in [-0.1, -0.05) is 6.92 Å². The molecule has 1 aliphatic heterocycles. The molecule has 2 N–H and O–H groups in total. The number of carbonyl (C=O) groups excluding carboxylic acids is 3. The fourth-order valence-electron chi connectivity index (χ4n) is 3.25. The number of hydrogen-bond acceptors (Lipinski definition) is 7. The Bertz CT molecular complexity index is 1220. The Hall–Kier alpha value is -3.68. The van der Waals surface area contributed by atoms with Crippen molar-refractivity contribution in [2.45, 2.75) is 36.2 Å². The molecular weight excluding hydrogens is 481 g/mol. The van der Waals surface area contributed by atoms with Gasteiger partial charge in [-0.3, -0.25) is 10.1 Å². The van der Waals surface area contributed by atoms with Crippen LogP contribution in [-0.2, 0) is 19.4 Å². The predicted molar refractivity (Wildman–Crippen MR) is 113 cm³/mol. The van der Waals surface area contributed by atoms with E-state index in [0.29, 0.717) is 22.6 Å². The summed E-state index contributed by atoms with van der Waals surface area (Å²) in [5.74, 6) is -1.12. The van der Waals surface area contributed by atoms with E-state index in [0.717, 1.165) is 12.1 Å². The van der Waals surface area contributed by atoms with E-state index in [1.165, 1.54) is 12.3 Å². The Balaban J connectivity index is 1.80. The molecule has 1 aromatic carbocycles. The van der Waals surface area contributed by atoms with Crippen LogP contribution in [0.2, 0.25) is 0 Å². The molecular formula is C20H19F3N4O6S. The van der Waals surface area contributed by atoms with Crippen LogP contribution in [-0.4, -0.2) is 49.6 Å². The van der Waals surface area contributed by atoms with Crippen molar-refractivity contribution in [2.24, 2.45) is 0 Å². The van der Waals surface area contributed by atoms with E-state index >= 15 is 0 Å². The lowest BCUT2D eigenvalue weighted by molar-refractivity contribution is -0.118. The minimum Gasteiger partial charge on any atom is -0.450 e. The first-order chi connectivity index (χ1) is 15.9. The molecule has 0 bridgehead atoms. The van der Waals surface area contributed by atoms with Crippen LogP contribution < -0.4 is 15.5 Å². The van der Waals surface area contributed by atoms with Gasteiger partial charge in [-0.15, -0.1) is 0 Å². The second-order valence-electron chi connectivity index (χ2n) is 7.15. The number of aromatic nitrogens is 1. The first-order valence-electron chi connectivity index (χ1n) is 9.82. The van der Waals surface area contributed by atoms with Crippen LogP contribution in [0.1, 0.15) is 25.3 Å². The van der Waals surface area contributed by atoms with E-state index in [1.54, 1.807) is 19.9 Å². The Morgan fingerprint density at radius 1 is 1.24 bits per heavy atom. The quantitative estimate of drug-likeness (QED) is 0.582. The number of rotatable bonds is 6. The van der Waals surface area contributed by atoms with Crippen molar-refractivity contribution in [3.05, 3.63) is 48.2 Å². The number of nitrogens with zero attached hydrogens (tertiary/aromatic N) is 2. The fourth-order valence-corrected chi connectivity index (χ4v) is 4.01. The summed E-state index contributed by atoms with van der Waals surface area (Å²) in [5.41, 5.74) is -5.03. The smallest absolute Gasteiger partial charge is 0.450 e. The lowest BCUT2D eigenvalue weighted by Gasteiger charge is -2.19. The number of benzene rings is 1. The number of nitrogens with one attached hydrogen (secondary N) is 2. The van der Waals surface area contributed by atoms with E-state index in [-0.39, 0.29) is 18.1 Å². The van der Waals surface area contributed by atoms with E-state index in [1.807, 2.05) is 0 Å².